The average molecular weight is 422 g/mol. The number of carbonyl (C=O) groups is 1. The van der Waals surface area contributed by atoms with Crippen LogP contribution in [0, 0.1) is 0 Å². The molecule has 2 heterocycles. The molecular formula is C15H10Br2N4O. The van der Waals surface area contributed by atoms with Crippen molar-refractivity contribution in [3.63, 3.8) is 0 Å². The Labute approximate surface area is 143 Å². The van der Waals surface area contributed by atoms with Crippen LogP contribution in [0.1, 0.15) is 10.5 Å². The van der Waals surface area contributed by atoms with Crippen molar-refractivity contribution in [3.8, 4) is 5.69 Å². The number of carbonyl (C=O) groups excluding carboxylic acids is 1. The molecule has 22 heavy (non-hydrogen) atoms. The summed E-state index contributed by atoms with van der Waals surface area (Å²) in [5.41, 5.74) is 1.83. The first kappa shape index (κ1) is 14.9. The number of benzene rings is 1. The van der Waals surface area contributed by atoms with Gasteiger partial charge in [-0.25, -0.2) is 9.67 Å². The molecule has 0 aliphatic carbocycles. The zero-order valence-electron chi connectivity index (χ0n) is 11.2. The summed E-state index contributed by atoms with van der Waals surface area (Å²) in [4.78, 5) is 16.3. The van der Waals surface area contributed by atoms with E-state index in [1.165, 1.54) is 0 Å². The fraction of sp³-hybridized carbons (Fsp3) is 0. The molecule has 0 bridgehead atoms. The first-order valence-corrected chi connectivity index (χ1v) is 7.95. The minimum Gasteiger partial charge on any atom is -0.319 e. The van der Waals surface area contributed by atoms with E-state index in [-0.39, 0.29) is 5.91 Å². The van der Waals surface area contributed by atoms with E-state index in [1.807, 2.05) is 30.3 Å². The van der Waals surface area contributed by atoms with Crippen LogP contribution in [0.4, 0.5) is 5.69 Å². The van der Waals surface area contributed by atoms with Crippen molar-refractivity contribution in [2.24, 2.45) is 0 Å². The molecule has 0 unspecified atom stereocenters. The summed E-state index contributed by atoms with van der Waals surface area (Å²) in [5.74, 6) is -0.286. The molecule has 7 heteroatoms. The van der Waals surface area contributed by atoms with Gasteiger partial charge in [-0.3, -0.25) is 4.79 Å². The van der Waals surface area contributed by atoms with Crippen LogP contribution < -0.4 is 5.32 Å². The van der Waals surface area contributed by atoms with E-state index in [9.17, 15) is 4.79 Å². The summed E-state index contributed by atoms with van der Waals surface area (Å²) in [6.07, 6.45) is 3.32. The Morgan fingerprint density at radius 1 is 1.14 bits per heavy atom. The van der Waals surface area contributed by atoms with Gasteiger partial charge in [-0.15, -0.1) is 0 Å². The summed E-state index contributed by atoms with van der Waals surface area (Å²) in [7, 11) is 0. The molecule has 0 atom stereocenters. The predicted octanol–water partition coefficient (Wildman–Crippen LogP) is 4.04. The molecule has 3 aromatic rings. The number of para-hydroxylation sites is 1. The zero-order chi connectivity index (χ0) is 15.5. The van der Waals surface area contributed by atoms with Gasteiger partial charge >= 0.3 is 0 Å². The highest BCUT2D eigenvalue weighted by Crippen LogP contribution is 2.23. The average Bonchev–Trinajstić information content (AvgIpc) is 3.02. The molecule has 0 saturated carbocycles. The number of halogens is 2. The maximum atomic E-state index is 12.2. The lowest BCUT2D eigenvalue weighted by Crippen LogP contribution is -2.13. The SMILES string of the molecule is O=C(Nc1cnc(Br)c(Br)c1)c1ccn(-c2ccccc2)n1. The summed E-state index contributed by atoms with van der Waals surface area (Å²) in [6.45, 7) is 0. The van der Waals surface area contributed by atoms with Gasteiger partial charge in [-0.05, 0) is 56.1 Å². The maximum Gasteiger partial charge on any atom is 0.276 e. The smallest absolute Gasteiger partial charge is 0.276 e. The molecule has 0 saturated heterocycles. The third-order valence-electron chi connectivity index (χ3n) is 2.90. The molecule has 1 amide bonds. The van der Waals surface area contributed by atoms with Gasteiger partial charge in [0.2, 0.25) is 0 Å². The van der Waals surface area contributed by atoms with E-state index in [0.29, 0.717) is 16.0 Å². The summed E-state index contributed by atoms with van der Waals surface area (Å²) in [6, 6.07) is 13.0. The van der Waals surface area contributed by atoms with Crippen molar-refractivity contribution in [2.75, 3.05) is 5.32 Å². The lowest BCUT2D eigenvalue weighted by atomic mass is 10.3. The summed E-state index contributed by atoms with van der Waals surface area (Å²) >= 11 is 6.63. The topological polar surface area (TPSA) is 59.8 Å². The zero-order valence-corrected chi connectivity index (χ0v) is 14.4. The first-order chi connectivity index (χ1) is 10.6. The molecular weight excluding hydrogens is 412 g/mol. The molecule has 3 rings (SSSR count). The standard InChI is InChI=1S/C15H10Br2N4O/c16-12-8-10(9-18-14(12)17)19-15(22)13-6-7-21(20-13)11-4-2-1-3-5-11/h1-9H,(H,19,22). The summed E-state index contributed by atoms with van der Waals surface area (Å²) in [5, 5.41) is 7.04. The molecule has 1 aromatic carbocycles. The molecule has 0 aliphatic heterocycles. The molecule has 5 nitrogen and oxygen atoms in total. The van der Waals surface area contributed by atoms with Crippen LogP contribution in [0.2, 0.25) is 0 Å². The highest BCUT2D eigenvalue weighted by Gasteiger charge is 2.11. The number of amides is 1. The van der Waals surface area contributed by atoms with Crippen molar-refractivity contribution < 1.29 is 4.79 Å². The first-order valence-electron chi connectivity index (χ1n) is 6.37. The van der Waals surface area contributed by atoms with Gasteiger partial charge in [0.05, 0.1) is 22.0 Å². The number of pyridine rings is 1. The molecule has 0 radical (unpaired) electrons. The highest BCUT2D eigenvalue weighted by molar-refractivity contribution is 9.13. The van der Waals surface area contributed by atoms with Crippen LogP contribution >= 0.6 is 31.9 Å². The van der Waals surface area contributed by atoms with E-state index >= 15 is 0 Å². The minimum absolute atomic E-state index is 0.286. The molecule has 0 spiro atoms. The Kier molecular flexibility index (Phi) is 4.35. The molecule has 2 aromatic heterocycles. The number of rotatable bonds is 3. The Morgan fingerprint density at radius 2 is 1.91 bits per heavy atom. The normalized spacial score (nSPS) is 10.5. The van der Waals surface area contributed by atoms with Crippen molar-refractivity contribution in [2.45, 2.75) is 0 Å². The molecule has 1 N–H and O–H groups in total. The monoisotopic (exact) mass is 420 g/mol. The van der Waals surface area contributed by atoms with Gasteiger partial charge in [0.15, 0.2) is 5.69 Å². The lowest BCUT2D eigenvalue weighted by molar-refractivity contribution is 0.102. The third kappa shape index (κ3) is 3.26. The van der Waals surface area contributed by atoms with Crippen LogP contribution in [0.15, 0.2) is 63.9 Å². The van der Waals surface area contributed by atoms with E-state index in [1.54, 1.807) is 29.2 Å². The number of nitrogens with zero attached hydrogens (tertiary/aromatic N) is 3. The van der Waals surface area contributed by atoms with E-state index in [0.717, 1.165) is 10.2 Å². The van der Waals surface area contributed by atoms with E-state index in [2.05, 4.69) is 47.3 Å². The van der Waals surface area contributed by atoms with Gasteiger partial charge < -0.3 is 5.32 Å². The fourth-order valence-electron chi connectivity index (χ4n) is 1.85. The fourth-order valence-corrected chi connectivity index (χ4v) is 2.42. The number of hydrogen-bond donors (Lipinski definition) is 1. The number of hydrogen-bond acceptors (Lipinski definition) is 3. The Bertz CT molecular complexity index is 817. The van der Waals surface area contributed by atoms with Crippen molar-refractivity contribution in [1.82, 2.24) is 14.8 Å². The molecule has 110 valence electrons. The van der Waals surface area contributed by atoms with Crippen molar-refractivity contribution in [1.29, 1.82) is 0 Å². The second kappa shape index (κ2) is 6.41. The Morgan fingerprint density at radius 3 is 2.64 bits per heavy atom. The number of anilines is 1. The van der Waals surface area contributed by atoms with Crippen LogP contribution in [-0.2, 0) is 0 Å². The summed E-state index contributed by atoms with van der Waals surface area (Å²) < 4.78 is 3.10. The second-order valence-corrected chi connectivity index (χ2v) is 6.04. The highest BCUT2D eigenvalue weighted by atomic mass is 79.9. The van der Waals surface area contributed by atoms with Crippen LogP contribution in [0.25, 0.3) is 5.69 Å². The Hall–Kier alpha value is -1.99. The Balaban J connectivity index is 1.78. The molecule has 0 fully saturated rings. The van der Waals surface area contributed by atoms with Crippen molar-refractivity contribution >= 4 is 43.5 Å². The van der Waals surface area contributed by atoms with Crippen molar-refractivity contribution in [3.05, 3.63) is 69.6 Å². The maximum absolute atomic E-state index is 12.2. The number of aromatic nitrogens is 3. The van der Waals surface area contributed by atoms with Gasteiger partial charge in [0.25, 0.3) is 5.91 Å². The molecule has 0 aliphatic rings. The van der Waals surface area contributed by atoms with Crippen LogP contribution in [0.3, 0.4) is 0 Å². The van der Waals surface area contributed by atoms with Gasteiger partial charge in [0, 0.05) is 6.20 Å². The van der Waals surface area contributed by atoms with Gasteiger partial charge in [0.1, 0.15) is 4.60 Å². The van der Waals surface area contributed by atoms with E-state index < -0.39 is 0 Å². The second-order valence-electron chi connectivity index (χ2n) is 4.43. The largest absolute Gasteiger partial charge is 0.319 e. The lowest BCUT2D eigenvalue weighted by Gasteiger charge is -2.04. The predicted molar refractivity (Wildman–Crippen MR) is 91.2 cm³/mol. The number of nitrogens with one attached hydrogen (secondary N) is 1. The van der Waals surface area contributed by atoms with Gasteiger partial charge in [-0.1, -0.05) is 18.2 Å². The van der Waals surface area contributed by atoms with E-state index in [4.69, 9.17) is 0 Å². The van der Waals surface area contributed by atoms with Crippen LogP contribution in [0.5, 0.6) is 0 Å². The minimum atomic E-state index is -0.286. The third-order valence-corrected chi connectivity index (χ3v) is 4.67. The quantitative estimate of drug-likeness (QED) is 0.649. The van der Waals surface area contributed by atoms with Gasteiger partial charge in [-0.2, -0.15) is 5.10 Å². The van der Waals surface area contributed by atoms with Crippen LogP contribution in [-0.4, -0.2) is 20.7 Å².